The first kappa shape index (κ1) is 13.5. The van der Waals surface area contributed by atoms with Gasteiger partial charge in [0, 0.05) is 0 Å². The lowest BCUT2D eigenvalue weighted by Crippen LogP contribution is -2.27. The summed E-state index contributed by atoms with van der Waals surface area (Å²) >= 11 is 0. The molecule has 0 aliphatic rings. The Kier molecular flexibility index (Phi) is 3.79. The van der Waals surface area contributed by atoms with Crippen LogP contribution in [-0.4, -0.2) is 7.28 Å². The van der Waals surface area contributed by atoms with E-state index in [2.05, 4.69) is 6.58 Å². The highest BCUT2D eigenvalue weighted by Gasteiger charge is 2.29. The molecule has 0 aliphatic heterocycles. The Labute approximate surface area is 110 Å². The molecule has 19 heavy (non-hydrogen) atoms. The van der Waals surface area contributed by atoms with Crippen LogP contribution >= 0.6 is 0 Å². The molecule has 2 rings (SSSR count). The third-order valence-corrected chi connectivity index (χ3v) is 2.74. The molecule has 0 spiro atoms. The van der Waals surface area contributed by atoms with Gasteiger partial charge in [0.2, 0.25) is 0 Å². The smallest absolute Gasteiger partial charge is 0.166 e. The number of rotatable bonds is 3. The van der Waals surface area contributed by atoms with Crippen molar-refractivity contribution in [3.05, 3.63) is 66.2 Å². The predicted octanol–water partition coefficient (Wildman–Crippen LogP) is 3.00. The molecule has 0 bridgehead atoms. The highest BCUT2D eigenvalue weighted by atomic mass is 19.4. The molecule has 2 aromatic carbocycles. The average Bonchev–Trinajstić information content (AvgIpc) is 2.39. The van der Waals surface area contributed by atoms with Crippen molar-refractivity contribution < 1.29 is 13.2 Å². The first-order valence-corrected chi connectivity index (χ1v) is 5.73. The Bertz CT molecular complexity index is 553. The Morgan fingerprint density at radius 2 is 1.32 bits per heavy atom. The van der Waals surface area contributed by atoms with Crippen LogP contribution in [0.2, 0.25) is 0 Å². The van der Waals surface area contributed by atoms with Crippen molar-refractivity contribution in [2.45, 2.75) is 6.18 Å². The van der Waals surface area contributed by atoms with Crippen molar-refractivity contribution in [2.75, 3.05) is 0 Å². The lowest BCUT2D eigenvalue weighted by atomic mass is 9.64. The van der Waals surface area contributed by atoms with Crippen LogP contribution in [0.3, 0.4) is 0 Å². The molecule has 0 amide bonds. The first-order chi connectivity index (χ1) is 8.99. The van der Waals surface area contributed by atoms with Crippen LogP contribution in [0.1, 0.15) is 11.1 Å². The van der Waals surface area contributed by atoms with E-state index in [0.29, 0.717) is 0 Å². The van der Waals surface area contributed by atoms with E-state index in [1.54, 1.807) is 6.08 Å². The van der Waals surface area contributed by atoms with Gasteiger partial charge in [0.25, 0.3) is 0 Å². The summed E-state index contributed by atoms with van der Waals surface area (Å²) in [6.07, 6.45) is -2.55. The van der Waals surface area contributed by atoms with Gasteiger partial charge >= 0.3 is 6.18 Å². The van der Waals surface area contributed by atoms with E-state index in [-0.39, 0.29) is 0 Å². The zero-order chi connectivity index (χ0) is 13.9. The molecule has 0 heterocycles. The monoisotopic (exact) mass is 259 g/mol. The summed E-state index contributed by atoms with van der Waals surface area (Å²) in [5.41, 5.74) is 2.04. The molecule has 0 N–H and O–H groups in total. The second-order valence-electron chi connectivity index (χ2n) is 4.13. The van der Waals surface area contributed by atoms with Crippen LogP contribution in [-0.2, 0) is 6.18 Å². The molecule has 0 fully saturated rings. The number of halogens is 3. The summed E-state index contributed by atoms with van der Waals surface area (Å²) in [5, 5.41) is 0. The lowest BCUT2D eigenvalue weighted by Gasteiger charge is -2.07. The van der Waals surface area contributed by atoms with Gasteiger partial charge in [-0.25, -0.2) is 0 Å². The van der Waals surface area contributed by atoms with Gasteiger partial charge in [-0.05, 0) is 5.56 Å². The lowest BCUT2D eigenvalue weighted by molar-refractivity contribution is -0.137. The minimum Gasteiger partial charge on any atom is -0.166 e. The van der Waals surface area contributed by atoms with Crippen LogP contribution < -0.4 is 10.9 Å². The summed E-state index contributed by atoms with van der Waals surface area (Å²) in [4.78, 5) is 0. The highest BCUT2D eigenvalue weighted by Crippen LogP contribution is 2.28. The highest BCUT2D eigenvalue weighted by molar-refractivity contribution is 6.67. The number of hydrogen-bond acceptors (Lipinski definition) is 0. The van der Waals surface area contributed by atoms with Gasteiger partial charge in [-0.1, -0.05) is 72.1 Å². The topological polar surface area (TPSA) is 0 Å². The average molecular weight is 259 g/mol. The summed E-state index contributed by atoms with van der Waals surface area (Å²) in [6.45, 7) is 3.66. The van der Waals surface area contributed by atoms with E-state index >= 15 is 0 Å². The number of hydrogen-bond donors (Lipinski definition) is 0. The Morgan fingerprint density at radius 3 is 1.74 bits per heavy atom. The van der Waals surface area contributed by atoms with E-state index in [1.807, 2.05) is 31.5 Å². The van der Waals surface area contributed by atoms with Crippen LogP contribution in [0.4, 0.5) is 13.2 Å². The molecule has 0 atom stereocenters. The van der Waals surface area contributed by atoms with Crippen molar-refractivity contribution in [3.8, 4) is 0 Å². The van der Waals surface area contributed by atoms with Gasteiger partial charge in [-0.2, -0.15) is 13.2 Å². The first-order valence-electron chi connectivity index (χ1n) is 5.73. The molecule has 1 radical (unpaired) electrons. The molecule has 2 aromatic rings. The molecular weight excluding hydrogens is 248 g/mol. The van der Waals surface area contributed by atoms with Crippen LogP contribution in [0, 0.1) is 0 Å². The summed E-state index contributed by atoms with van der Waals surface area (Å²) in [7, 11) is 1.83. The zero-order valence-corrected chi connectivity index (χ0v) is 10.1. The third kappa shape index (κ3) is 3.50. The van der Waals surface area contributed by atoms with Crippen molar-refractivity contribution >= 4 is 24.3 Å². The quantitative estimate of drug-likeness (QED) is 0.743. The molecule has 0 saturated heterocycles. The molecule has 0 nitrogen and oxygen atoms in total. The second kappa shape index (κ2) is 5.35. The van der Waals surface area contributed by atoms with Gasteiger partial charge < -0.3 is 0 Å². The summed E-state index contributed by atoms with van der Waals surface area (Å²) in [6, 6.07) is 12.7. The van der Waals surface area contributed by atoms with E-state index in [9.17, 15) is 13.2 Å². The fourth-order valence-electron chi connectivity index (χ4n) is 1.69. The van der Waals surface area contributed by atoms with Crippen molar-refractivity contribution in [2.24, 2.45) is 0 Å². The van der Waals surface area contributed by atoms with Crippen LogP contribution in [0.5, 0.6) is 0 Å². The minimum absolute atomic E-state index is 0.633. The maximum absolute atomic E-state index is 12.4. The van der Waals surface area contributed by atoms with Gasteiger partial charge in [-0.3, -0.25) is 0 Å². The van der Waals surface area contributed by atoms with Gasteiger partial charge in [0.1, 0.15) is 0 Å². The minimum atomic E-state index is -4.29. The van der Waals surface area contributed by atoms with E-state index in [0.717, 1.165) is 28.6 Å². The Morgan fingerprint density at radius 1 is 0.842 bits per heavy atom. The normalized spacial score (nSPS) is 11.1. The van der Waals surface area contributed by atoms with Gasteiger partial charge in [0.05, 0.1) is 5.56 Å². The SMILES string of the molecule is C=Cc1ccc([B]c2ccc(C(F)(F)F)cc2)cc1. The predicted molar refractivity (Wildman–Crippen MR) is 73.0 cm³/mol. The standard InChI is InChI=1S/C15H11BF3/c1-2-11-3-7-13(8-4-11)16-14-9-5-12(6-10-14)15(17,18)19/h2-10H,1H2. The van der Waals surface area contributed by atoms with Crippen molar-refractivity contribution in [1.82, 2.24) is 0 Å². The summed E-state index contributed by atoms with van der Waals surface area (Å²) in [5.74, 6) is 0. The number of benzene rings is 2. The van der Waals surface area contributed by atoms with Crippen LogP contribution in [0.25, 0.3) is 6.08 Å². The van der Waals surface area contributed by atoms with Crippen molar-refractivity contribution in [1.29, 1.82) is 0 Å². The van der Waals surface area contributed by atoms with E-state index in [1.165, 1.54) is 12.1 Å². The Balaban J connectivity index is 2.12. The van der Waals surface area contributed by atoms with E-state index < -0.39 is 11.7 Å². The Hall–Kier alpha value is -1.97. The summed E-state index contributed by atoms with van der Waals surface area (Å²) < 4.78 is 37.2. The number of alkyl halides is 3. The molecule has 0 aliphatic carbocycles. The maximum atomic E-state index is 12.4. The van der Waals surface area contributed by atoms with E-state index in [4.69, 9.17) is 0 Å². The maximum Gasteiger partial charge on any atom is 0.416 e. The molecule has 0 aromatic heterocycles. The fourth-order valence-corrected chi connectivity index (χ4v) is 1.69. The van der Waals surface area contributed by atoms with Gasteiger partial charge in [0.15, 0.2) is 7.28 Å². The largest absolute Gasteiger partial charge is 0.416 e. The molecule has 0 unspecified atom stereocenters. The fraction of sp³-hybridized carbons (Fsp3) is 0.0667. The van der Waals surface area contributed by atoms with Crippen LogP contribution in [0.15, 0.2) is 55.1 Å². The molecule has 95 valence electrons. The molecular formula is C15H11BF3. The molecule has 0 saturated carbocycles. The third-order valence-electron chi connectivity index (χ3n) is 2.74. The zero-order valence-electron chi connectivity index (χ0n) is 10.1. The molecule has 4 heteroatoms. The second-order valence-corrected chi connectivity index (χ2v) is 4.13. The van der Waals surface area contributed by atoms with Crippen molar-refractivity contribution in [3.63, 3.8) is 0 Å². The van der Waals surface area contributed by atoms with Gasteiger partial charge in [-0.15, -0.1) is 0 Å².